The largest absolute Gasteiger partial charge is 0.457 e. The first kappa shape index (κ1) is 50.4. The van der Waals surface area contributed by atoms with Crippen molar-refractivity contribution in [1.29, 1.82) is 0 Å². The second kappa shape index (κ2) is 31.2. The van der Waals surface area contributed by atoms with Gasteiger partial charge in [-0.2, -0.15) is 0 Å². The number of carbonyl (C=O) groups is 1. The van der Waals surface area contributed by atoms with Crippen LogP contribution in [-0.2, 0) is 33.2 Å². The molecule has 2 rings (SSSR count). The van der Waals surface area contributed by atoms with Gasteiger partial charge in [0, 0.05) is 13.0 Å². The standard InChI is InChI=1S/C42H74O14/c1-3-5-7-9-11-13-14-15-16-17-19-21-23-25-34(44)54-31(28-51-26-24-22-20-18-12-10-8-6-4-2)29-52-41-40(50)38(48)36(46)33(56-41)30-53-42-39(49)37(47)35(45)32(27-43)55-42/h5,7,11,13,15-16,31-33,35-43,45-50H,3-4,6,8-10,12,14,17-30H2,1-2H3/b7-5-,13-11-,16-15-. The maximum absolute atomic E-state index is 12.9. The van der Waals surface area contributed by atoms with Crippen molar-refractivity contribution in [2.45, 2.75) is 191 Å². The summed E-state index contributed by atoms with van der Waals surface area (Å²) in [5.41, 5.74) is 0. The monoisotopic (exact) mass is 803 g/mol. The first-order valence-corrected chi connectivity index (χ1v) is 21.1. The number of allylic oxidation sites excluding steroid dienone is 6. The van der Waals surface area contributed by atoms with Crippen LogP contribution in [0, 0.1) is 0 Å². The van der Waals surface area contributed by atoms with Crippen LogP contribution in [0.15, 0.2) is 36.5 Å². The lowest BCUT2D eigenvalue weighted by molar-refractivity contribution is -0.332. The molecule has 2 heterocycles. The number of rotatable bonds is 31. The lowest BCUT2D eigenvalue weighted by Gasteiger charge is -2.42. The van der Waals surface area contributed by atoms with Gasteiger partial charge < -0.3 is 64.2 Å². The van der Waals surface area contributed by atoms with Crippen molar-refractivity contribution >= 4 is 5.97 Å². The summed E-state index contributed by atoms with van der Waals surface area (Å²) >= 11 is 0. The van der Waals surface area contributed by atoms with Gasteiger partial charge in [-0.3, -0.25) is 4.79 Å². The number of ether oxygens (including phenoxy) is 6. The number of esters is 1. The van der Waals surface area contributed by atoms with E-state index >= 15 is 0 Å². The maximum Gasteiger partial charge on any atom is 0.306 e. The molecule has 0 bridgehead atoms. The summed E-state index contributed by atoms with van der Waals surface area (Å²) in [6.07, 6.45) is 13.8. The topological polar surface area (TPSA) is 214 Å². The predicted octanol–water partition coefficient (Wildman–Crippen LogP) is 3.90. The van der Waals surface area contributed by atoms with Gasteiger partial charge in [-0.15, -0.1) is 0 Å². The highest BCUT2D eigenvalue weighted by molar-refractivity contribution is 5.69. The van der Waals surface area contributed by atoms with Crippen LogP contribution in [0.5, 0.6) is 0 Å². The van der Waals surface area contributed by atoms with Gasteiger partial charge in [0.2, 0.25) is 0 Å². The van der Waals surface area contributed by atoms with Gasteiger partial charge >= 0.3 is 5.97 Å². The minimum absolute atomic E-state index is 0.0501. The molecule has 56 heavy (non-hydrogen) atoms. The first-order valence-electron chi connectivity index (χ1n) is 21.1. The van der Waals surface area contributed by atoms with Gasteiger partial charge in [-0.25, -0.2) is 0 Å². The van der Waals surface area contributed by atoms with E-state index < -0.39 is 86.7 Å². The van der Waals surface area contributed by atoms with E-state index in [9.17, 15) is 40.5 Å². The molecule has 0 aromatic rings. The van der Waals surface area contributed by atoms with E-state index in [0.29, 0.717) is 13.0 Å². The zero-order valence-electron chi connectivity index (χ0n) is 33.9. The van der Waals surface area contributed by atoms with Crippen LogP contribution in [0.25, 0.3) is 0 Å². The number of aliphatic hydroxyl groups excluding tert-OH is 7. The van der Waals surface area contributed by atoms with Crippen LogP contribution >= 0.6 is 0 Å². The molecular weight excluding hydrogens is 728 g/mol. The Morgan fingerprint density at radius 2 is 1.16 bits per heavy atom. The van der Waals surface area contributed by atoms with Gasteiger partial charge in [-0.05, 0) is 44.9 Å². The zero-order valence-corrected chi connectivity index (χ0v) is 33.9. The molecule has 7 N–H and O–H groups in total. The second-order valence-corrected chi connectivity index (χ2v) is 14.8. The fourth-order valence-corrected chi connectivity index (χ4v) is 6.41. The molecule has 2 fully saturated rings. The fourth-order valence-electron chi connectivity index (χ4n) is 6.41. The van der Waals surface area contributed by atoms with Crippen LogP contribution in [0.4, 0.5) is 0 Å². The molecule has 326 valence electrons. The van der Waals surface area contributed by atoms with Gasteiger partial charge in [0.25, 0.3) is 0 Å². The number of hydrogen-bond acceptors (Lipinski definition) is 14. The Hall–Kier alpha value is -1.79. The van der Waals surface area contributed by atoms with Crippen LogP contribution < -0.4 is 0 Å². The molecule has 2 saturated heterocycles. The minimum Gasteiger partial charge on any atom is -0.457 e. The summed E-state index contributed by atoms with van der Waals surface area (Å²) in [6.45, 7) is 3.48. The third-order valence-electron chi connectivity index (χ3n) is 9.91. The Bertz CT molecular complexity index is 1070. The van der Waals surface area contributed by atoms with Gasteiger partial charge in [0.05, 0.1) is 26.4 Å². The summed E-state index contributed by atoms with van der Waals surface area (Å²) < 4.78 is 34.0. The molecule has 0 saturated carbocycles. The van der Waals surface area contributed by atoms with E-state index in [-0.39, 0.29) is 19.6 Å². The Balaban J connectivity index is 1.86. The van der Waals surface area contributed by atoms with Crippen molar-refractivity contribution in [3.63, 3.8) is 0 Å². The van der Waals surface area contributed by atoms with E-state index in [1.165, 1.54) is 38.5 Å². The van der Waals surface area contributed by atoms with E-state index in [1.54, 1.807) is 0 Å². The van der Waals surface area contributed by atoms with Gasteiger partial charge in [0.1, 0.15) is 54.9 Å². The van der Waals surface area contributed by atoms with Crippen molar-refractivity contribution in [1.82, 2.24) is 0 Å². The number of carbonyl (C=O) groups excluding carboxylic acids is 1. The number of unbranched alkanes of at least 4 members (excludes halogenated alkanes) is 11. The van der Waals surface area contributed by atoms with Crippen molar-refractivity contribution in [2.24, 2.45) is 0 Å². The lowest BCUT2D eigenvalue weighted by Crippen LogP contribution is -2.61. The molecule has 11 unspecified atom stereocenters. The Labute approximate surface area is 334 Å². The van der Waals surface area contributed by atoms with Crippen LogP contribution in [0.2, 0.25) is 0 Å². The van der Waals surface area contributed by atoms with Crippen LogP contribution in [-0.4, -0.2) is 142 Å². The quantitative estimate of drug-likeness (QED) is 0.0301. The van der Waals surface area contributed by atoms with Crippen molar-refractivity contribution in [3.05, 3.63) is 36.5 Å². The molecule has 2 aliphatic rings. The molecule has 14 nitrogen and oxygen atoms in total. The maximum atomic E-state index is 12.9. The summed E-state index contributed by atoms with van der Waals surface area (Å²) in [4.78, 5) is 12.9. The molecule has 0 spiro atoms. The molecule has 11 atom stereocenters. The lowest BCUT2D eigenvalue weighted by atomic mass is 9.98. The molecule has 0 radical (unpaired) electrons. The third kappa shape index (κ3) is 20.3. The predicted molar refractivity (Wildman–Crippen MR) is 210 cm³/mol. The van der Waals surface area contributed by atoms with E-state index in [1.807, 2.05) is 0 Å². The highest BCUT2D eigenvalue weighted by atomic mass is 16.7. The van der Waals surface area contributed by atoms with Crippen LogP contribution in [0.3, 0.4) is 0 Å². The van der Waals surface area contributed by atoms with E-state index in [2.05, 4.69) is 50.3 Å². The van der Waals surface area contributed by atoms with Crippen molar-refractivity contribution < 1.29 is 69.0 Å². The van der Waals surface area contributed by atoms with Gasteiger partial charge in [0.15, 0.2) is 12.6 Å². The normalized spacial score (nSPS) is 29.2. The molecular formula is C42H74O14. The number of hydrogen-bond donors (Lipinski definition) is 7. The molecule has 0 amide bonds. The summed E-state index contributed by atoms with van der Waals surface area (Å²) in [5, 5.41) is 71.7. The Morgan fingerprint density at radius 1 is 0.607 bits per heavy atom. The Kier molecular flexibility index (Phi) is 28.0. The fraction of sp³-hybridized carbons (Fsp3) is 0.833. The molecule has 0 aromatic heterocycles. The van der Waals surface area contributed by atoms with Crippen molar-refractivity contribution in [3.8, 4) is 0 Å². The van der Waals surface area contributed by atoms with Crippen LogP contribution in [0.1, 0.15) is 123 Å². The zero-order chi connectivity index (χ0) is 41.0. The highest BCUT2D eigenvalue weighted by Gasteiger charge is 2.47. The SMILES string of the molecule is CC/C=C\C/C=C\C/C=C\CCCCCC(=O)OC(COCCCCCCCCCCC)COC1OC(COC2OC(CO)C(O)C(O)C2O)C(O)C(O)C1O. The summed E-state index contributed by atoms with van der Waals surface area (Å²) in [6, 6.07) is 0. The second-order valence-electron chi connectivity index (χ2n) is 14.8. The Morgan fingerprint density at radius 3 is 1.80 bits per heavy atom. The average molecular weight is 803 g/mol. The smallest absolute Gasteiger partial charge is 0.306 e. The molecule has 14 heteroatoms. The van der Waals surface area contributed by atoms with E-state index in [0.717, 1.165) is 57.8 Å². The summed E-state index contributed by atoms with van der Waals surface area (Å²) in [5.74, 6) is -0.408. The van der Waals surface area contributed by atoms with Gasteiger partial charge in [-0.1, -0.05) is 108 Å². The van der Waals surface area contributed by atoms with Crippen molar-refractivity contribution in [2.75, 3.05) is 33.0 Å². The average Bonchev–Trinajstić information content (AvgIpc) is 3.19. The summed E-state index contributed by atoms with van der Waals surface area (Å²) in [7, 11) is 0. The third-order valence-corrected chi connectivity index (χ3v) is 9.91. The molecule has 0 aliphatic carbocycles. The first-order chi connectivity index (χ1) is 27.1. The minimum atomic E-state index is -1.71. The highest BCUT2D eigenvalue weighted by Crippen LogP contribution is 2.26. The molecule has 2 aliphatic heterocycles. The number of aliphatic hydroxyl groups is 7. The van der Waals surface area contributed by atoms with E-state index in [4.69, 9.17) is 28.4 Å². The molecule has 0 aromatic carbocycles.